The second-order valence-corrected chi connectivity index (χ2v) is 8.90. The Morgan fingerprint density at radius 3 is 2.34 bits per heavy atom. The van der Waals surface area contributed by atoms with Crippen molar-refractivity contribution in [2.45, 2.75) is 31.7 Å². The molecule has 2 atom stereocenters. The highest BCUT2D eigenvalue weighted by atomic mass is 16.5. The third kappa shape index (κ3) is 4.16. The van der Waals surface area contributed by atoms with E-state index < -0.39 is 6.04 Å². The normalized spacial score (nSPS) is 19.3. The zero-order chi connectivity index (χ0) is 24.5. The number of anilines is 2. The minimum atomic E-state index is -0.557. The molecule has 1 aliphatic heterocycles. The molecule has 0 bridgehead atoms. The lowest BCUT2D eigenvalue weighted by molar-refractivity contribution is -0.117. The van der Waals surface area contributed by atoms with Crippen LogP contribution in [0, 0.1) is 0 Å². The van der Waals surface area contributed by atoms with Crippen molar-refractivity contribution in [1.82, 2.24) is 0 Å². The summed E-state index contributed by atoms with van der Waals surface area (Å²) < 4.78 is 10.8. The van der Waals surface area contributed by atoms with Crippen LogP contribution in [0.1, 0.15) is 42.9 Å². The topological polar surface area (TPSA) is 67.9 Å². The average Bonchev–Trinajstić information content (AvgIpc) is 3.03. The summed E-state index contributed by atoms with van der Waals surface area (Å²) in [4.78, 5) is 28.7. The molecule has 0 unspecified atom stereocenters. The highest BCUT2D eigenvalue weighted by Gasteiger charge is 2.40. The van der Waals surface area contributed by atoms with Crippen molar-refractivity contribution in [3.05, 3.63) is 95.2 Å². The zero-order valence-electron chi connectivity index (χ0n) is 20.1. The van der Waals surface area contributed by atoms with E-state index in [0.29, 0.717) is 24.2 Å². The van der Waals surface area contributed by atoms with Crippen LogP contribution in [0.2, 0.25) is 0 Å². The molecule has 3 aromatic carbocycles. The van der Waals surface area contributed by atoms with Gasteiger partial charge in [-0.1, -0.05) is 36.4 Å². The van der Waals surface area contributed by atoms with Crippen molar-refractivity contribution in [2.24, 2.45) is 0 Å². The summed E-state index contributed by atoms with van der Waals surface area (Å²) in [5.74, 6) is 1.39. The highest BCUT2D eigenvalue weighted by Crippen LogP contribution is 2.47. The fourth-order valence-corrected chi connectivity index (χ4v) is 5.18. The quantitative estimate of drug-likeness (QED) is 0.538. The van der Waals surface area contributed by atoms with E-state index in [0.717, 1.165) is 33.9 Å². The van der Waals surface area contributed by atoms with Crippen LogP contribution in [0.25, 0.3) is 0 Å². The predicted molar refractivity (Wildman–Crippen MR) is 136 cm³/mol. The number of allylic oxidation sites excluding steroid dienone is 1. The number of ketones is 1. The van der Waals surface area contributed by atoms with E-state index in [9.17, 15) is 9.59 Å². The number of rotatable bonds is 4. The highest BCUT2D eigenvalue weighted by molar-refractivity contribution is 6.06. The smallest absolute Gasteiger partial charge is 0.224 e. The largest absolute Gasteiger partial charge is 0.497 e. The number of amides is 1. The lowest BCUT2D eigenvalue weighted by Crippen LogP contribution is -2.37. The van der Waals surface area contributed by atoms with Gasteiger partial charge in [0.25, 0.3) is 0 Å². The summed E-state index contributed by atoms with van der Waals surface area (Å²) in [6.07, 6.45) is 1.03. The van der Waals surface area contributed by atoms with Gasteiger partial charge in [0.15, 0.2) is 5.78 Å². The summed E-state index contributed by atoms with van der Waals surface area (Å²) in [6.45, 7) is 1.54. The van der Waals surface area contributed by atoms with Crippen molar-refractivity contribution >= 4 is 23.1 Å². The Balaban J connectivity index is 1.67. The van der Waals surface area contributed by atoms with Gasteiger partial charge in [-0.3, -0.25) is 14.5 Å². The van der Waals surface area contributed by atoms with Crippen molar-refractivity contribution in [3.63, 3.8) is 0 Å². The summed E-state index contributed by atoms with van der Waals surface area (Å²) in [5, 5.41) is 3.54. The molecule has 5 rings (SSSR count). The summed E-state index contributed by atoms with van der Waals surface area (Å²) in [7, 11) is 3.25. The van der Waals surface area contributed by atoms with Gasteiger partial charge in [0.05, 0.1) is 31.6 Å². The second-order valence-electron chi connectivity index (χ2n) is 8.90. The molecule has 3 aromatic rings. The molecule has 2 aliphatic rings. The number of fused-ring (bicyclic) bond motifs is 1. The Bertz CT molecular complexity index is 1310. The molecule has 0 saturated carbocycles. The van der Waals surface area contributed by atoms with Crippen LogP contribution in [-0.4, -0.2) is 25.9 Å². The maximum Gasteiger partial charge on any atom is 0.224 e. The molecule has 6 nitrogen and oxygen atoms in total. The van der Waals surface area contributed by atoms with Crippen LogP contribution in [0.5, 0.6) is 11.5 Å². The van der Waals surface area contributed by atoms with E-state index in [1.165, 1.54) is 0 Å². The molecule has 1 amide bonds. The van der Waals surface area contributed by atoms with Crippen molar-refractivity contribution in [3.8, 4) is 11.5 Å². The van der Waals surface area contributed by atoms with Crippen molar-refractivity contribution in [1.29, 1.82) is 0 Å². The van der Waals surface area contributed by atoms with E-state index >= 15 is 0 Å². The van der Waals surface area contributed by atoms with Gasteiger partial charge in [0.2, 0.25) is 5.91 Å². The number of carbonyl (C=O) groups excluding carboxylic acids is 2. The number of hydrogen-bond acceptors (Lipinski definition) is 5. The van der Waals surface area contributed by atoms with Crippen LogP contribution >= 0.6 is 0 Å². The predicted octanol–water partition coefficient (Wildman–Crippen LogP) is 5.62. The lowest BCUT2D eigenvalue weighted by atomic mass is 9.78. The Morgan fingerprint density at radius 2 is 1.63 bits per heavy atom. The number of ether oxygens (including phenoxy) is 2. The molecule has 1 N–H and O–H groups in total. The molecule has 0 saturated heterocycles. The molecule has 178 valence electrons. The molecular weight excluding hydrogens is 440 g/mol. The molecule has 35 heavy (non-hydrogen) atoms. The maximum atomic E-state index is 13.9. The van der Waals surface area contributed by atoms with E-state index in [1.807, 2.05) is 72.8 Å². The molecule has 1 heterocycles. The van der Waals surface area contributed by atoms with Crippen molar-refractivity contribution < 1.29 is 19.1 Å². The zero-order valence-corrected chi connectivity index (χ0v) is 20.1. The van der Waals surface area contributed by atoms with E-state index in [1.54, 1.807) is 26.0 Å². The van der Waals surface area contributed by atoms with Gasteiger partial charge in [0.1, 0.15) is 11.5 Å². The SMILES string of the molecule is COc1ccc([C@@H]2CC(=O)C3=C(C2)Nc2ccccc2N(C(C)=O)[C@H]3c2cccc(OC)c2)cc1. The van der Waals surface area contributed by atoms with Crippen LogP contribution in [-0.2, 0) is 9.59 Å². The lowest BCUT2D eigenvalue weighted by Gasteiger charge is -2.34. The van der Waals surface area contributed by atoms with E-state index in [4.69, 9.17) is 9.47 Å². The van der Waals surface area contributed by atoms with Gasteiger partial charge in [-0.2, -0.15) is 0 Å². The van der Waals surface area contributed by atoms with Crippen LogP contribution in [0.3, 0.4) is 0 Å². The number of methoxy groups -OCH3 is 2. The fraction of sp³-hybridized carbons (Fsp3) is 0.241. The van der Waals surface area contributed by atoms with Crippen LogP contribution in [0.4, 0.5) is 11.4 Å². The molecule has 0 radical (unpaired) electrons. The first-order valence-electron chi connectivity index (χ1n) is 11.7. The van der Waals surface area contributed by atoms with Gasteiger partial charge in [-0.15, -0.1) is 0 Å². The number of carbonyl (C=O) groups is 2. The van der Waals surface area contributed by atoms with Gasteiger partial charge in [-0.05, 0) is 59.9 Å². The first-order chi connectivity index (χ1) is 17.0. The van der Waals surface area contributed by atoms with E-state index in [2.05, 4.69) is 5.32 Å². The Morgan fingerprint density at radius 1 is 0.886 bits per heavy atom. The molecule has 1 aliphatic carbocycles. The minimum Gasteiger partial charge on any atom is -0.497 e. The minimum absolute atomic E-state index is 0.0293. The average molecular weight is 469 g/mol. The first kappa shape index (κ1) is 22.7. The van der Waals surface area contributed by atoms with Gasteiger partial charge in [0, 0.05) is 24.6 Å². The van der Waals surface area contributed by atoms with Gasteiger partial charge >= 0.3 is 0 Å². The Labute approximate surface area is 205 Å². The van der Waals surface area contributed by atoms with Gasteiger partial charge in [-0.25, -0.2) is 0 Å². The number of hydrogen-bond donors (Lipinski definition) is 1. The maximum absolute atomic E-state index is 13.9. The monoisotopic (exact) mass is 468 g/mol. The molecular formula is C29H28N2O4. The molecule has 0 spiro atoms. The number of nitrogens with zero attached hydrogens (tertiary/aromatic N) is 1. The third-order valence-electron chi connectivity index (χ3n) is 6.82. The van der Waals surface area contributed by atoms with Gasteiger partial charge < -0.3 is 14.8 Å². The fourth-order valence-electron chi connectivity index (χ4n) is 5.18. The summed E-state index contributed by atoms with van der Waals surface area (Å²) in [5.41, 5.74) is 4.97. The number of benzene rings is 3. The Hall–Kier alpha value is -4.06. The van der Waals surface area contributed by atoms with Crippen LogP contribution < -0.4 is 19.7 Å². The summed E-state index contributed by atoms with van der Waals surface area (Å²) >= 11 is 0. The summed E-state index contributed by atoms with van der Waals surface area (Å²) in [6, 6.07) is 22.7. The number of nitrogens with one attached hydrogen (secondary N) is 1. The van der Waals surface area contributed by atoms with Crippen molar-refractivity contribution in [2.75, 3.05) is 24.4 Å². The molecule has 0 fully saturated rings. The first-order valence-corrected chi connectivity index (χ1v) is 11.7. The molecule has 6 heteroatoms. The number of Topliss-reactive ketones (excluding diaryl/α,β-unsaturated/α-hetero) is 1. The number of para-hydroxylation sites is 2. The van der Waals surface area contributed by atoms with Crippen LogP contribution in [0.15, 0.2) is 84.1 Å². The Kier molecular flexibility index (Phi) is 6.03. The molecule has 0 aromatic heterocycles. The third-order valence-corrected chi connectivity index (χ3v) is 6.82. The van der Waals surface area contributed by atoms with E-state index in [-0.39, 0.29) is 17.6 Å². The second kappa shape index (κ2) is 9.29. The standard InChI is InChI=1S/C29H28N2O4/c1-18(32)31-26-10-5-4-9-24(26)30-25-16-21(19-11-13-22(34-2)14-12-19)17-27(33)28(25)29(31)20-7-6-8-23(15-20)35-3/h4-15,21,29-30H,16-17H2,1-3H3/t21-,29-/m0/s1.